The minimum Gasteiger partial charge on any atom is -0.351 e. The van der Waals surface area contributed by atoms with E-state index in [9.17, 15) is 4.79 Å². The van der Waals surface area contributed by atoms with Crippen molar-refractivity contribution in [3.63, 3.8) is 0 Å². The van der Waals surface area contributed by atoms with Crippen LogP contribution in [0.4, 0.5) is 0 Å². The zero-order chi connectivity index (χ0) is 18.6. The van der Waals surface area contributed by atoms with Gasteiger partial charge in [0.2, 0.25) is 0 Å². The lowest BCUT2D eigenvalue weighted by Gasteiger charge is -2.08. The summed E-state index contributed by atoms with van der Waals surface area (Å²) in [6, 6.07) is 9.81. The Labute approximate surface area is 158 Å². The Morgan fingerprint density at radius 1 is 1.15 bits per heavy atom. The predicted octanol–water partition coefficient (Wildman–Crippen LogP) is 2.47. The average molecular weight is 364 g/mol. The first-order chi connectivity index (χ1) is 13.2. The zero-order valence-electron chi connectivity index (χ0n) is 15.6. The molecule has 3 aromatic rings. The maximum atomic E-state index is 12.6. The molecule has 0 radical (unpaired) electrons. The highest BCUT2D eigenvalue weighted by molar-refractivity contribution is 5.95. The third-order valence-electron chi connectivity index (χ3n) is 5.08. The molecule has 7 nitrogen and oxygen atoms in total. The highest BCUT2D eigenvalue weighted by Gasteiger charge is 2.17. The molecule has 0 saturated heterocycles. The van der Waals surface area contributed by atoms with Crippen molar-refractivity contribution < 1.29 is 4.79 Å². The van der Waals surface area contributed by atoms with Crippen LogP contribution in [0.2, 0.25) is 0 Å². The van der Waals surface area contributed by atoms with E-state index in [0.29, 0.717) is 18.5 Å². The molecule has 1 amide bonds. The highest BCUT2D eigenvalue weighted by atomic mass is 16.1. The van der Waals surface area contributed by atoms with Gasteiger partial charge in [0.05, 0.1) is 23.1 Å². The average Bonchev–Trinajstić information content (AvgIpc) is 3.17. The van der Waals surface area contributed by atoms with Crippen LogP contribution >= 0.6 is 0 Å². The van der Waals surface area contributed by atoms with Crippen molar-refractivity contribution in [3.05, 3.63) is 59.4 Å². The monoisotopic (exact) mass is 364 g/mol. The number of carbonyl (C=O) groups is 1. The predicted molar refractivity (Wildman–Crippen MR) is 102 cm³/mol. The summed E-state index contributed by atoms with van der Waals surface area (Å²) in [4.78, 5) is 12.6. The third kappa shape index (κ3) is 3.63. The Morgan fingerprint density at radius 2 is 2.00 bits per heavy atom. The smallest absolute Gasteiger partial charge is 0.254 e. The summed E-state index contributed by atoms with van der Waals surface area (Å²) in [6.45, 7) is 3.43. The summed E-state index contributed by atoms with van der Waals surface area (Å²) in [5, 5.41) is 16.0. The number of hydrogen-bond donors (Lipinski definition) is 1. The molecule has 0 atom stereocenters. The first-order valence-electron chi connectivity index (χ1n) is 9.53. The summed E-state index contributed by atoms with van der Waals surface area (Å²) in [7, 11) is 0. The molecule has 0 aliphatic carbocycles. The molecule has 140 valence electrons. The van der Waals surface area contributed by atoms with Crippen molar-refractivity contribution in [1.29, 1.82) is 0 Å². The quantitative estimate of drug-likeness (QED) is 0.754. The second kappa shape index (κ2) is 7.73. The van der Waals surface area contributed by atoms with Gasteiger partial charge in [0.15, 0.2) is 0 Å². The fourth-order valence-electron chi connectivity index (χ4n) is 3.58. The summed E-state index contributed by atoms with van der Waals surface area (Å²) in [5.74, 6) is 1.93. The van der Waals surface area contributed by atoms with Crippen LogP contribution in [0.25, 0.3) is 5.69 Å². The first kappa shape index (κ1) is 17.5. The zero-order valence-corrected chi connectivity index (χ0v) is 15.6. The van der Waals surface area contributed by atoms with E-state index in [-0.39, 0.29) is 5.91 Å². The molecular weight excluding hydrogens is 340 g/mol. The van der Waals surface area contributed by atoms with Crippen molar-refractivity contribution >= 4 is 5.91 Å². The van der Waals surface area contributed by atoms with E-state index in [4.69, 9.17) is 0 Å². The standard InChI is InChI=1S/C20H24N6O/c1-15-17(14-22-26(15)16-8-4-2-5-9-16)20(27)21-12-11-19-24-23-18-10-6-3-7-13-25(18)19/h2,4-5,8-9,14H,3,6-7,10-13H2,1H3,(H,21,27). The molecule has 2 aromatic heterocycles. The van der Waals surface area contributed by atoms with Crippen molar-refractivity contribution in [2.24, 2.45) is 0 Å². The number of hydrogen-bond acceptors (Lipinski definition) is 4. The lowest BCUT2D eigenvalue weighted by molar-refractivity contribution is 0.0953. The Balaban J connectivity index is 1.39. The maximum Gasteiger partial charge on any atom is 0.254 e. The van der Waals surface area contributed by atoms with Crippen LogP contribution in [0.5, 0.6) is 0 Å². The SMILES string of the molecule is Cc1c(C(=O)NCCc2nnc3n2CCCCC3)cnn1-c1ccccc1. The van der Waals surface area contributed by atoms with E-state index < -0.39 is 0 Å². The second-order valence-corrected chi connectivity index (χ2v) is 6.89. The number of carbonyl (C=O) groups excluding carboxylic acids is 1. The molecule has 1 aliphatic heterocycles. The lowest BCUT2D eigenvalue weighted by Crippen LogP contribution is -2.27. The molecule has 27 heavy (non-hydrogen) atoms. The molecule has 0 spiro atoms. The maximum absolute atomic E-state index is 12.6. The molecule has 0 bridgehead atoms. The molecule has 0 saturated carbocycles. The molecular formula is C20H24N6O. The van der Waals surface area contributed by atoms with Crippen LogP contribution in [0, 0.1) is 6.92 Å². The molecule has 7 heteroatoms. The normalized spacial score (nSPS) is 13.8. The summed E-state index contributed by atoms with van der Waals surface area (Å²) < 4.78 is 4.01. The summed E-state index contributed by atoms with van der Waals surface area (Å²) in [6.07, 6.45) is 6.90. The molecule has 1 aromatic carbocycles. The third-order valence-corrected chi connectivity index (χ3v) is 5.08. The van der Waals surface area contributed by atoms with Crippen LogP contribution in [-0.2, 0) is 19.4 Å². The Bertz CT molecular complexity index is 927. The van der Waals surface area contributed by atoms with Gasteiger partial charge in [-0.1, -0.05) is 24.6 Å². The second-order valence-electron chi connectivity index (χ2n) is 6.89. The number of para-hydroxylation sites is 1. The van der Waals surface area contributed by atoms with Gasteiger partial charge in [-0.15, -0.1) is 10.2 Å². The van der Waals surface area contributed by atoms with E-state index in [0.717, 1.165) is 36.0 Å². The summed E-state index contributed by atoms with van der Waals surface area (Å²) in [5.41, 5.74) is 2.37. The van der Waals surface area contributed by atoms with Gasteiger partial charge in [0.25, 0.3) is 5.91 Å². The van der Waals surface area contributed by atoms with Gasteiger partial charge in [0, 0.05) is 25.9 Å². The van der Waals surface area contributed by atoms with Crippen LogP contribution < -0.4 is 5.32 Å². The molecule has 4 rings (SSSR count). The number of benzene rings is 1. The van der Waals surface area contributed by atoms with Gasteiger partial charge < -0.3 is 9.88 Å². The molecule has 0 fully saturated rings. The van der Waals surface area contributed by atoms with E-state index in [2.05, 4.69) is 25.2 Å². The van der Waals surface area contributed by atoms with Crippen molar-refractivity contribution in [3.8, 4) is 5.69 Å². The van der Waals surface area contributed by atoms with Gasteiger partial charge in [0.1, 0.15) is 11.6 Å². The number of nitrogens with zero attached hydrogens (tertiary/aromatic N) is 5. The van der Waals surface area contributed by atoms with Crippen LogP contribution in [0.3, 0.4) is 0 Å². The fourth-order valence-corrected chi connectivity index (χ4v) is 3.58. The van der Waals surface area contributed by atoms with Gasteiger partial charge in [-0.25, -0.2) is 4.68 Å². The fraction of sp³-hybridized carbons (Fsp3) is 0.400. The lowest BCUT2D eigenvalue weighted by atomic mass is 10.2. The van der Waals surface area contributed by atoms with E-state index in [1.807, 2.05) is 37.3 Å². The minimum atomic E-state index is -0.106. The van der Waals surface area contributed by atoms with Crippen LogP contribution in [0.15, 0.2) is 36.5 Å². The first-order valence-corrected chi connectivity index (χ1v) is 9.53. The van der Waals surface area contributed by atoms with Crippen LogP contribution in [0.1, 0.15) is 47.0 Å². The molecule has 1 N–H and O–H groups in total. The molecule has 0 unspecified atom stereocenters. The largest absolute Gasteiger partial charge is 0.351 e. The Hall–Kier alpha value is -2.96. The Kier molecular flexibility index (Phi) is 5.00. The van der Waals surface area contributed by atoms with E-state index in [1.54, 1.807) is 10.9 Å². The highest BCUT2D eigenvalue weighted by Crippen LogP contribution is 2.15. The number of rotatable bonds is 5. The molecule has 1 aliphatic rings. The number of amides is 1. The van der Waals surface area contributed by atoms with Gasteiger partial charge in [-0.3, -0.25) is 4.79 Å². The number of fused-ring (bicyclic) bond motifs is 1. The van der Waals surface area contributed by atoms with E-state index >= 15 is 0 Å². The van der Waals surface area contributed by atoms with Crippen molar-refractivity contribution in [2.75, 3.05) is 6.54 Å². The molecule has 3 heterocycles. The van der Waals surface area contributed by atoms with Gasteiger partial charge >= 0.3 is 0 Å². The number of aryl methyl sites for hydroxylation is 1. The topological polar surface area (TPSA) is 77.6 Å². The van der Waals surface area contributed by atoms with Crippen molar-refractivity contribution in [1.82, 2.24) is 29.9 Å². The van der Waals surface area contributed by atoms with E-state index in [1.165, 1.54) is 19.3 Å². The van der Waals surface area contributed by atoms with Gasteiger partial charge in [-0.05, 0) is 31.9 Å². The summed E-state index contributed by atoms with van der Waals surface area (Å²) >= 11 is 0. The number of nitrogens with one attached hydrogen (secondary N) is 1. The Morgan fingerprint density at radius 3 is 2.85 bits per heavy atom. The minimum absolute atomic E-state index is 0.106. The van der Waals surface area contributed by atoms with Gasteiger partial charge in [-0.2, -0.15) is 5.10 Å². The van der Waals surface area contributed by atoms with Crippen molar-refractivity contribution in [2.45, 2.75) is 45.6 Å². The van der Waals surface area contributed by atoms with Crippen LogP contribution in [-0.4, -0.2) is 37.0 Å². The number of aromatic nitrogens is 5.